The van der Waals surface area contributed by atoms with Gasteiger partial charge in [0.1, 0.15) is 5.75 Å². The van der Waals surface area contributed by atoms with Gasteiger partial charge < -0.3 is 19.7 Å². The number of fused-ring (bicyclic) bond motifs is 1. The van der Waals surface area contributed by atoms with Gasteiger partial charge in [-0.25, -0.2) is 0 Å². The van der Waals surface area contributed by atoms with Crippen LogP contribution in [0.15, 0.2) is 18.2 Å². The Bertz CT molecular complexity index is 720. The fourth-order valence-electron chi connectivity index (χ4n) is 2.98. The van der Waals surface area contributed by atoms with Crippen molar-refractivity contribution in [2.24, 2.45) is 0 Å². The van der Waals surface area contributed by atoms with E-state index in [0.717, 1.165) is 13.1 Å². The molecule has 0 aliphatic carbocycles. The van der Waals surface area contributed by atoms with Crippen LogP contribution in [0.1, 0.15) is 6.92 Å². The Kier molecular flexibility index (Phi) is 6.38. The maximum Gasteiger partial charge on any atom is 0.276 e. The molecule has 3 rings (SSSR count). The third-order valence-corrected chi connectivity index (χ3v) is 4.94. The first kappa shape index (κ1) is 20.5. The Labute approximate surface area is 172 Å². The van der Waals surface area contributed by atoms with Gasteiger partial charge in [0.05, 0.1) is 18.9 Å². The van der Waals surface area contributed by atoms with E-state index < -0.39 is 15.8 Å². The number of rotatable bonds is 4. The van der Waals surface area contributed by atoms with Crippen molar-refractivity contribution < 1.29 is 19.1 Å². The maximum atomic E-state index is 12.7. The van der Waals surface area contributed by atoms with Crippen LogP contribution in [0.3, 0.4) is 0 Å². The fourth-order valence-corrected chi connectivity index (χ4v) is 3.13. The zero-order chi connectivity index (χ0) is 19.6. The smallest absolute Gasteiger partial charge is 0.276 e. The largest absolute Gasteiger partial charge is 0.479 e. The summed E-state index contributed by atoms with van der Waals surface area (Å²) in [6.07, 6.45) is -0.580. The molecule has 10 heteroatoms. The lowest BCUT2D eigenvalue weighted by Gasteiger charge is -2.35. The van der Waals surface area contributed by atoms with Crippen molar-refractivity contribution in [3.63, 3.8) is 0 Å². The lowest BCUT2D eigenvalue weighted by molar-refractivity contribution is -0.125. The molecule has 1 fully saturated rings. The molecule has 7 nitrogen and oxygen atoms in total. The summed E-state index contributed by atoms with van der Waals surface area (Å²) in [7, 11) is 0. The average molecular weight is 437 g/mol. The second kappa shape index (κ2) is 8.41. The van der Waals surface area contributed by atoms with Crippen molar-refractivity contribution in [2.75, 3.05) is 49.6 Å². The minimum atomic E-state index is -2.08. The predicted octanol–water partition coefficient (Wildman–Crippen LogP) is 2.44. The van der Waals surface area contributed by atoms with E-state index in [-0.39, 0.29) is 5.91 Å². The third-order valence-electron chi connectivity index (χ3n) is 4.43. The number of nitrogens with one attached hydrogen (secondary N) is 1. The molecule has 2 aliphatic heterocycles. The second-order valence-corrected chi connectivity index (χ2v) is 8.62. The van der Waals surface area contributed by atoms with Crippen molar-refractivity contribution in [1.82, 2.24) is 4.90 Å². The predicted molar refractivity (Wildman–Crippen MR) is 105 cm³/mol. The highest BCUT2D eigenvalue weighted by atomic mass is 35.6. The Morgan fingerprint density at radius 1 is 1.26 bits per heavy atom. The summed E-state index contributed by atoms with van der Waals surface area (Å²) < 4.78 is 8.95. The zero-order valence-corrected chi connectivity index (χ0v) is 17.0. The number of alkyl halides is 3. The number of anilines is 2. The molecule has 1 unspecified atom stereocenters. The summed E-state index contributed by atoms with van der Waals surface area (Å²) in [4.78, 5) is 28.5. The minimum Gasteiger partial charge on any atom is -0.479 e. The number of carbonyl (C=O) groups is 2. The number of hydrogen-bond donors (Lipinski definition) is 1. The van der Waals surface area contributed by atoms with Gasteiger partial charge in [-0.1, -0.05) is 34.8 Å². The van der Waals surface area contributed by atoms with Crippen LogP contribution < -0.4 is 15.0 Å². The average Bonchev–Trinajstić information content (AvgIpc) is 2.62. The van der Waals surface area contributed by atoms with Crippen LogP contribution in [0, 0.1) is 0 Å². The van der Waals surface area contributed by atoms with E-state index >= 15 is 0 Å². The van der Waals surface area contributed by atoms with Gasteiger partial charge in [0.15, 0.2) is 6.10 Å². The fraction of sp³-hybridized carbons (Fsp3) is 0.529. The highest BCUT2D eigenvalue weighted by molar-refractivity contribution is 6.76. The normalized spacial score (nSPS) is 20.8. The standard InChI is InChI=1S/C17H20Cl3N3O4/c1-11-15(24)23(5-4-22-6-8-26-9-7-22)13-10-12(2-3-14(13)27-11)21-16(25)17(18,19)20/h2-3,10-11H,4-9H2,1H3,(H,21,25). The Hall–Kier alpha value is -1.25. The van der Waals surface area contributed by atoms with Gasteiger partial charge in [0.25, 0.3) is 15.6 Å². The Morgan fingerprint density at radius 2 is 1.96 bits per heavy atom. The molecule has 0 spiro atoms. The molecule has 1 aromatic carbocycles. The van der Waals surface area contributed by atoms with E-state index in [2.05, 4.69) is 10.2 Å². The van der Waals surface area contributed by atoms with E-state index in [1.165, 1.54) is 0 Å². The molecule has 2 heterocycles. The van der Waals surface area contributed by atoms with E-state index in [0.29, 0.717) is 43.4 Å². The van der Waals surface area contributed by atoms with Gasteiger partial charge in [0, 0.05) is 31.9 Å². The first-order valence-corrected chi connectivity index (χ1v) is 9.69. The molecule has 1 saturated heterocycles. The highest BCUT2D eigenvalue weighted by Crippen LogP contribution is 2.37. The lowest BCUT2D eigenvalue weighted by Crippen LogP contribution is -2.48. The van der Waals surface area contributed by atoms with Crippen LogP contribution in [-0.4, -0.2) is 66.0 Å². The highest BCUT2D eigenvalue weighted by Gasteiger charge is 2.33. The van der Waals surface area contributed by atoms with Gasteiger partial charge in [-0.2, -0.15) is 0 Å². The summed E-state index contributed by atoms with van der Waals surface area (Å²) >= 11 is 16.8. The van der Waals surface area contributed by atoms with Gasteiger partial charge in [-0.3, -0.25) is 14.5 Å². The van der Waals surface area contributed by atoms with Crippen molar-refractivity contribution in [3.05, 3.63) is 18.2 Å². The van der Waals surface area contributed by atoms with Crippen molar-refractivity contribution >= 4 is 58.0 Å². The number of benzene rings is 1. The van der Waals surface area contributed by atoms with Gasteiger partial charge in [-0.05, 0) is 25.1 Å². The van der Waals surface area contributed by atoms with Crippen molar-refractivity contribution in [3.8, 4) is 5.75 Å². The van der Waals surface area contributed by atoms with Gasteiger partial charge in [-0.15, -0.1) is 0 Å². The second-order valence-electron chi connectivity index (χ2n) is 6.34. The maximum absolute atomic E-state index is 12.7. The molecule has 0 radical (unpaired) electrons. The minimum absolute atomic E-state index is 0.138. The first-order chi connectivity index (χ1) is 12.8. The number of ether oxygens (including phenoxy) is 2. The number of nitrogens with zero attached hydrogens (tertiary/aromatic N) is 2. The van der Waals surface area contributed by atoms with E-state index in [9.17, 15) is 9.59 Å². The summed E-state index contributed by atoms with van der Waals surface area (Å²) in [6.45, 7) is 5.98. The van der Waals surface area contributed by atoms with E-state index in [4.69, 9.17) is 44.3 Å². The molecule has 27 heavy (non-hydrogen) atoms. The van der Waals surface area contributed by atoms with Gasteiger partial charge in [0.2, 0.25) is 0 Å². The third kappa shape index (κ3) is 4.97. The molecule has 1 atom stereocenters. The summed E-state index contributed by atoms with van der Waals surface area (Å²) in [5.74, 6) is -0.347. The van der Waals surface area contributed by atoms with Crippen LogP contribution >= 0.6 is 34.8 Å². The molecule has 1 aromatic rings. The molecular weight excluding hydrogens is 417 g/mol. The van der Waals surface area contributed by atoms with E-state index in [1.807, 2.05) is 0 Å². The molecule has 2 aliphatic rings. The van der Waals surface area contributed by atoms with E-state index in [1.54, 1.807) is 30.0 Å². The van der Waals surface area contributed by atoms with Gasteiger partial charge >= 0.3 is 0 Å². The number of hydrogen-bond acceptors (Lipinski definition) is 5. The molecule has 0 saturated carbocycles. The number of halogens is 3. The SMILES string of the molecule is CC1Oc2ccc(NC(=O)C(Cl)(Cl)Cl)cc2N(CCN2CCOCC2)C1=O. The molecule has 1 N–H and O–H groups in total. The summed E-state index contributed by atoms with van der Waals surface area (Å²) in [5.41, 5.74) is 0.987. The quantitative estimate of drug-likeness (QED) is 0.734. The number of carbonyl (C=O) groups excluding carboxylic acids is 2. The molecule has 0 aromatic heterocycles. The van der Waals surface area contributed by atoms with Crippen LogP contribution in [-0.2, 0) is 14.3 Å². The van der Waals surface area contributed by atoms with Crippen LogP contribution in [0.4, 0.5) is 11.4 Å². The first-order valence-electron chi connectivity index (χ1n) is 8.56. The molecule has 148 valence electrons. The Morgan fingerprint density at radius 3 is 2.63 bits per heavy atom. The zero-order valence-electron chi connectivity index (χ0n) is 14.7. The molecule has 0 bridgehead atoms. The molecular formula is C17H20Cl3N3O4. The monoisotopic (exact) mass is 435 g/mol. The van der Waals surface area contributed by atoms with Crippen molar-refractivity contribution in [1.29, 1.82) is 0 Å². The topological polar surface area (TPSA) is 71.1 Å². The van der Waals surface area contributed by atoms with Crippen LogP contribution in [0.25, 0.3) is 0 Å². The van der Waals surface area contributed by atoms with Crippen LogP contribution in [0.2, 0.25) is 0 Å². The lowest BCUT2D eigenvalue weighted by atomic mass is 10.1. The summed E-state index contributed by atoms with van der Waals surface area (Å²) in [6, 6.07) is 4.97. The van der Waals surface area contributed by atoms with Crippen molar-refractivity contribution in [2.45, 2.75) is 16.8 Å². The summed E-state index contributed by atoms with van der Waals surface area (Å²) in [5, 5.41) is 2.53. The van der Waals surface area contributed by atoms with Crippen LogP contribution in [0.5, 0.6) is 5.75 Å². The number of amides is 2. The number of morpholine rings is 1. The Balaban J connectivity index is 1.79. The molecule has 2 amide bonds.